The van der Waals surface area contributed by atoms with Gasteiger partial charge in [-0.15, -0.1) is 0 Å². The van der Waals surface area contributed by atoms with Crippen molar-refractivity contribution in [2.45, 2.75) is 19.6 Å². The molecule has 0 atom stereocenters. The molecule has 0 saturated carbocycles. The van der Waals surface area contributed by atoms with E-state index >= 15 is 0 Å². The fraction of sp³-hybridized carbons (Fsp3) is 0.111. The Balaban J connectivity index is 2.15. The third-order valence-corrected chi connectivity index (χ3v) is 36.5. The molecule has 0 aliphatic carbocycles. The summed E-state index contributed by atoms with van der Waals surface area (Å²) in [5, 5.41) is 6.26. The number of benzene rings is 4. The van der Waals surface area contributed by atoms with Gasteiger partial charge in [0.2, 0.25) is 0 Å². The molecule has 0 amide bonds. The lowest BCUT2D eigenvalue weighted by atomic mass is 10.4. The Morgan fingerprint density at radius 1 is 0.433 bits per heavy atom. The molecular weight excluding hydrogens is 409 g/mol. The first-order valence-corrected chi connectivity index (χ1v) is 19.6. The van der Waals surface area contributed by atoms with Gasteiger partial charge in [-0.2, -0.15) is 0 Å². The van der Waals surface area contributed by atoms with E-state index in [9.17, 15) is 0 Å². The van der Waals surface area contributed by atoms with Gasteiger partial charge < -0.3 is 0 Å². The minimum absolute atomic E-state index is 1.06. The van der Waals surface area contributed by atoms with E-state index in [2.05, 4.69) is 141 Å². The standard InChI is InChI=1S/C27H29Si3/c1-29(2,3)30(26-20-12-6-13-21-26,27-22-14-7-15-23-27)28(24-16-8-4-9-17-24)25-18-10-5-11-19-25/h4-23H,1-3H3. The van der Waals surface area contributed by atoms with E-state index in [1.165, 1.54) is 10.4 Å². The third-order valence-electron chi connectivity index (χ3n) is 6.04. The van der Waals surface area contributed by atoms with Gasteiger partial charge in [-0.3, -0.25) is 0 Å². The largest absolute Gasteiger partial charge is 0.120 e. The van der Waals surface area contributed by atoms with Crippen LogP contribution in [-0.4, -0.2) is 23.0 Å². The fourth-order valence-electron chi connectivity index (χ4n) is 4.88. The highest BCUT2D eigenvalue weighted by atomic mass is 29.6. The highest BCUT2D eigenvalue weighted by Crippen LogP contribution is 2.23. The predicted octanol–water partition coefficient (Wildman–Crippen LogP) is 4.05. The van der Waals surface area contributed by atoms with Gasteiger partial charge in [0, 0.05) is 7.59 Å². The van der Waals surface area contributed by atoms with Crippen LogP contribution in [0.5, 0.6) is 0 Å². The van der Waals surface area contributed by atoms with Gasteiger partial charge in [-0.1, -0.05) is 162 Å². The van der Waals surface area contributed by atoms with Crippen LogP contribution < -0.4 is 20.7 Å². The quantitative estimate of drug-likeness (QED) is 0.399. The molecule has 0 unspecified atom stereocenters. The molecule has 0 N–H and O–H groups in total. The maximum atomic E-state index is 2.61. The van der Waals surface area contributed by atoms with Crippen molar-refractivity contribution < 1.29 is 0 Å². The number of hydrogen-bond acceptors (Lipinski definition) is 0. The first kappa shape index (κ1) is 20.8. The van der Waals surface area contributed by atoms with Crippen LogP contribution in [0.25, 0.3) is 0 Å². The summed E-state index contributed by atoms with van der Waals surface area (Å²) in [7, 11) is -4.84. The lowest BCUT2D eigenvalue weighted by molar-refractivity contribution is 1.70. The van der Waals surface area contributed by atoms with Gasteiger partial charge in [-0.05, 0) is 0 Å². The molecule has 1 radical (unpaired) electrons. The SMILES string of the molecule is C[Si](C)(C)[Si](c1ccccc1)(c1ccccc1)[Si](c1ccccc1)c1ccccc1. The van der Waals surface area contributed by atoms with Crippen molar-refractivity contribution >= 4 is 43.8 Å². The Morgan fingerprint density at radius 2 is 0.733 bits per heavy atom. The summed E-state index contributed by atoms with van der Waals surface area (Å²) in [5.41, 5.74) is 0. The van der Waals surface area contributed by atoms with Crippen molar-refractivity contribution in [2.24, 2.45) is 0 Å². The number of rotatable bonds is 6. The zero-order valence-corrected chi connectivity index (χ0v) is 21.0. The maximum Gasteiger partial charge on any atom is 0.120 e. The van der Waals surface area contributed by atoms with E-state index in [4.69, 9.17) is 0 Å². The van der Waals surface area contributed by atoms with E-state index in [-0.39, 0.29) is 0 Å². The first-order valence-electron chi connectivity index (χ1n) is 10.6. The highest BCUT2D eigenvalue weighted by molar-refractivity contribution is 7.76. The molecule has 149 valence electrons. The van der Waals surface area contributed by atoms with E-state index in [0.29, 0.717) is 0 Å². The molecule has 30 heavy (non-hydrogen) atoms. The monoisotopic (exact) mass is 437 g/mol. The molecule has 0 aliphatic heterocycles. The summed E-state index contributed by atoms with van der Waals surface area (Å²) in [5.74, 6) is 0. The predicted molar refractivity (Wildman–Crippen MR) is 139 cm³/mol. The van der Waals surface area contributed by atoms with Gasteiger partial charge in [0.25, 0.3) is 0 Å². The van der Waals surface area contributed by atoms with Crippen LogP contribution in [0.3, 0.4) is 0 Å². The van der Waals surface area contributed by atoms with Crippen molar-refractivity contribution in [2.75, 3.05) is 0 Å². The molecule has 0 aliphatic rings. The molecule has 0 heterocycles. The Morgan fingerprint density at radius 3 is 1.03 bits per heavy atom. The van der Waals surface area contributed by atoms with Gasteiger partial charge in [0.05, 0.1) is 0 Å². The topological polar surface area (TPSA) is 0 Å². The van der Waals surface area contributed by atoms with Crippen LogP contribution in [0.4, 0.5) is 0 Å². The van der Waals surface area contributed by atoms with Crippen molar-refractivity contribution in [3.8, 4) is 0 Å². The minimum Gasteiger partial charge on any atom is -0.0710 e. The van der Waals surface area contributed by atoms with E-state index in [0.717, 1.165) is 0 Å². The van der Waals surface area contributed by atoms with E-state index in [1.807, 2.05) is 0 Å². The molecule has 4 aromatic carbocycles. The highest BCUT2D eigenvalue weighted by Gasteiger charge is 2.55. The molecule has 4 aromatic rings. The van der Waals surface area contributed by atoms with Crippen LogP contribution >= 0.6 is 0 Å². The van der Waals surface area contributed by atoms with Crippen LogP contribution in [0.15, 0.2) is 121 Å². The van der Waals surface area contributed by atoms with Crippen LogP contribution in [-0.2, 0) is 0 Å². The second-order valence-corrected chi connectivity index (χ2v) is 29.9. The van der Waals surface area contributed by atoms with Gasteiger partial charge in [-0.25, -0.2) is 0 Å². The summed E-state index contributed by atoms with van der Waals surface area (Å²) < 4.78 is 0. The second kappa shape index (κ2) is 8.72. The van der Waals surface area contributed by atoms with Crippen molar-refractivity contribution in [3.63, 3.8) is 0 Å². The Kier molecular flexibility index (Phi) is 6.04. The lowest BCUT2D eigenvalue weighted by Gasteiger charge is -2.48. The summed E-state index contributed by atoms with van der Waals surface area (Å²) in [6.07, 6.45) is 0. The zero-order chi connectivity index (χ0) is 21.0. The number of hydrogen-bond donors (Lipinski definition) is 0. The third kappa shape index (κ3) is 3.69. The normalized spacial score (nSPS) is 12.1. The van der Waals surface area contributed by atoms with E-state index in [1.54, 1.807) is 10.4 Å². The maximum absolute atomic E-state index is 2.61. The van der Waals surface area contributed by atoms with Crippen LogP contribution in [0, 0.1) is 0 Å². The molecule has 0 aromatic heterocycles. The van der Waals surface area contributed by atoms with Gasteiger partial charge >= 0.3 is 0 Å². The smallest absolute Gasteiger partial charge is 0.0710 e. The average molecular weight is 438 g/mol. The van der Waals surface area contributed by atoms with Gasteiger partial charge in [0.1, 0.15) is 15.4 Å². The molecule has 0 bridgehead atoms. The molecule has 0 saturated heterocycles. The van der Waals surface area contributed by atoms with Crippen molar-refractivity contribution in [3.05, 3.63) is 121 Å². The molecule has 4 rings (SSSR count). The zero-order valence-electron chi connectivity index (χ0n) is 18.0. The Labute approximate surface area is 184 Å². The van der Waals surface area contributed by atoms with Crippen LogP contribution in [0.1, 0.15) is 0 Å². The molecule has 0 nitrogen and oxygen atoms in total. The summed E-state index contributed by atoms with van der Waals surface area (Å²) in [6, 6.07) is 45.7. The van der Waals surface area contributed by atoms with Crippen LogP contribution in [0.2, 0.25) is 19.6 Å². The first-order chi connectivity index (χ1) is 14.5. The molecular formula is C27H29Si3. The van der Waals surface area contributed by atoms with Crippen molar-refractivity contribution in [1.82, 2.24) is 0 Å². The Bertz CT molecular complexity index is 978. The molecule has 0 fully saturated rings. The summed E-state index contributed by atoms with van der Waals surface area (Å²) >= 11 is 0. The minimum atomic E-state index is -2.12. The molecule has 0 spiro atoms. The molecule has 3 heteroatoms. The van der Waals surface area contributed by atoms with E-state index < -0.39 is 23.0 Å². The van der Waals surface area contributed by atoms with Crippen molar-refractivity contribution in [1.29, 1.82) is 0 Å². The Hall–Kier alpha value is -2.47. The van der Waals surface area contributed by atoms with Gasteiger partial charge in [0.15, 0.2) is 0 Å². The second-order valence-electron chi connectivity index (χ2n) is 8.84. The average Bonchev–Trinajstić information content (AvgIpc) is 2.79. The fourth-order valence-corrected chi connectivity index (χ4v) is 36.0. The summed E-state index contributed by atoms with van der Waals surface area (Å²) in [4.78, 5) is 0. The lowest BCUT2D eigenvalue weighted by Crippen LogP contribution is -2.86. The summed E-state index contributed by atoms with van der Waals surface area (Å²) in [6.45, 7) is 7.82.